The molecule has 0 aliphatic carbocycles. The Bertz CT molecular complexity index is 466. The SMILES string of the molecule is CCC1(C)NC(=O)N(CC(=O)NCC(OC)C(=O)O)C1=O. The first-order chi connectivity index (χ1) is 9.75. The van der Waals surface area contributed by atoms with Gasteiger partial charge >= 0.3 is 12.0 Å². The number of ether oxygens (including phenoxy) is 1. The number of nitrogens with zero attached hydrogens (tertiary/aromatic N) is 1. The molecule has 1 heterocycles. The van der Waals surface area contributed by atoms with Gasteiger partial charge in [0.2, 0.25) is 5.91 Å². The van der Waals surface area contributed by atoms with E-state index in [0.717, 1.165) is 4.90 Å². The number of nitrogens with one attached hydrogen (secondary N) is 2. The summed E-state index contributed by atoms with van der Waals surface area (Å²) in [5, 5.41) is 13.6. The van der Waals surface area contributed by atoms with Crippen LogP contribution in [0.4, 0.5) is 4.79 Å². The number of urea groups is 1. The summed E-state index contributed by atoms with van der Waals surface area (Å²) in [4.78, 5) is 47.0. The van der Waals surface area contributed by atoms with Crippen LogP contribution in [-0.4, -0.2) is 65.7 Å². The van der Waals surface area contributed by atoms with E-state index in [1.165, 1.54) is 7.11 Å². The van der Waals surface area contributed by atoms with Gasteiger partial charge in [0.05, 0.1) is 6.54 Å². The van der Waals surface area contributed by atoms with Crippen LogP contribution in [0.25, 0.3) is 0 Å². The molecular formula is C12H19N3O6. The van der Waals surface area contributed by atoms with Gasteiger partial charge in [-0.2, -0.15) is 0 Å². The summed E-state index contributed by atoms with van der Waals surface area (Å²) in [7, 11) is 1.20. The molecule has 0 aromatic rings. The number of aliphatic carboxylic acids is 1. The molecule has 0 spiro atoms. The van der Waals surface area contributed by atoms with Gasteiger partial charge in [-0.3, -0.25) is 14.5 Å². The lowest BCUT2D eigenvalue weighted by atomic mass is 9.99. The van der Waals surface area contributed by atoms with E-state index in [2.05, 4.69) is 15.4 Å². The van der Waals surface area contributed by atoms with Crippen LogP contribution in [0.5, 0.6) is 0 Å². The number of methoxy groups -OCH3 is 1. The molecule has 4 amide bonds. The molecule has 2 atom stereocenters. The Labute approximate surface area is 121 Å². The van der Waals surface area contributed by atoms with Crippen molar-refractivity contribution in [2.24, 2.45) is 0 Å². The fourth-order valence-corrected chi connectivity index (χ4v) is 1.81. The fraction of sp³-hybridized carbons (Fsp3) is 0.667. The highest BCUT2D eigenvalue weighted by Crippen LogP contribution is 2.20. The number of carbonyl (C=O) groups is 4. The molecule has 1 aliphatic rings. The molecule has 0 bridgehead atoms. The van der Waals surface area contributed by atoms with Crippen molar-refractivity contribution in [1.82, 2.24) is 15.5 Å². The van der Waals surface area contributed by atoms with Crippen LogP contribution in [0.3, 0.4) is 0 Å². The van der Waals surface area contributed by atoms with Crippen molar-refractivity contribution < 1.29 is 29.0 Å². The maximum absolute atomic E-state index is 12.1. The first kappa shape index (κ1) is 16.9. The number of carbonyl (C=O) groups excluding carboxylic acids is 3. The Balaban J connectivity index is 2.58. The fourth-order valence-electron chi connectivity index (χ4n) is 1.81. The van der Waals surface area contributed by atoms with Crippen molar-refractivity contribution >= 4 is 23.8 Å². The zero-order chi connectivity index (χ0) is 16.2. The van der Waals surface area contributed by atoms with Crippen LogP contribution in [0.2, 0.25) is 0 Å². The zero-order valence-electron chi connectivity index (χ0n) is 12.1. The lowest BCUT2D eigenvalue weighted by Gasteiger charge is -2.19. The first-order valence-corrected chi connectivity index (χ1v) is 6.41. The molecule has 0 aromatic heterocycles. The Morgan fingerprint density at radius 3 is 2.52 bits per heavy atom. The third kappa shape index (κ3) is 3.69. The van der Waals surface area contributed by atoms with Crippen LogP contribution in [0.1, 0.15) is 20.3 Å². The third-order valence-corrected chi connectivity index (χ3v) is 3.40. The lowest BCUT2D eigenvalue weighted by Crippen LogP contribution is -2.46. The highest BCUT2D eigenvalue weighted by atomic mass is 16.5. The maximum Gasteiger partial charge on any atom is 0.334 e. The van der Waals surface area contributed by atoms with Gasteiger partial charge in [-0.05, 0) is 13.3 Å². The van der Waals surface area contributed by atoms with Gasteiger partial charge in [-0.25, -0.2) is 9.59 Å². The molecule has 9 nitrogen and oxygen atoms in total. The van der Waals surface area contributed by atoms with E-state index >= 15 is 0 Å². The van der Waals surface area contributed by atoms with Crippen LogP contribution in [0, 0.1) is 0 Å². The summed E-state index contributed by atoms with van der Waals surface area (Å²) in [5.41, 5.74) is -1.01. The van der Waals surface area contributed by atoms with Gasteiger partial charge in [0.15, 0.2) is 6.10 Å². The van der Waals surface area contributed by atoms with Crippen molar-refractivity contribution in [2.75, 3.05) is 20.2 Å². The van der Waals surface area contributed by atoms with Gasteiger partial charge in [0.1, 0.15) is 12.1 Å². The molecule has 1 saturated heterocycles. The maximum atomic E-state index is 12.1. The highest BCUT2D eigenvalue weighted by molar-refractivity contribution is 6.08. The van der Waals surface area contributed by atoms with Gasteiger partial charge in [0, 0.05) is 7.11 Å². The molecule has 2 unspecified atom stereocenters. The topological polar surface area (TPSA) is 125 Å². The summed E-state index contributed by atoms with van der Waals surface area (Å²) in [6.45, 7) is 2.62. The Morgan fingerprint density at radius 1 is 1.48 bits per heavy atom. The third-order valence-electron chi connectivity index (χ3n) is 3.40. The minimum Gasteiger partial charge on any atom is -0.479 e. The number of carboxylic acids is 1. The molecule has 9 heteroatoms. The minimum atomic E-state index is -1.22. The normalized spacial score (nSPS) is 22.9. The summed E-state index contributed by atoms with van der Waals surface area (Å²) in [6.07, 6.45) is -0.779. The van der Waals surface area contributed by atoms with E-state index in [9.17, 15) is 19.2 Å². The average Bonchev–Trinajstić information content (AvgIpc) is 2.63. The molecule has 1 aliphatic heterocycles. The zero-order valence-corrected chi connectivity index (χ0v) is 12.1. The summed E-state index contributed by atoms with van der Waals surface area (Å²) in [6, 6.07) is -0.638. The van der Waals surface area contributed by atoms with Crippen molar-refractivity contribution in [3.8, 4) is 0 Å². The minimum absolute atomic E-state index is 0.251. The van der Waals surface area contributed by atoms with Crippen LogP contribution >= 0.6 is 0 Å². The van der Waals surface area contributed by atoms with Gasteiger partial charge < -0.3 is 20.5 Å². The van der Waals surface area contributed by atoms with Gasteiger partial charge in [-0.15, -0.1) is 0 Å². The van der Waals surface area contributed by atoms with E-state index in [-0.39, 0.29) is 6.54 Å². The first-order valence-electron chi connectivity index (χ1n) is 6.41. The standard InChI is InChI=1S/C12H19N3O6/c1-4-12(2)10(19)15(11(20)14-12)6-8(16)13-5-7(21-3)9(17)18/h7H,4-6H2,1-3H3,(H,13,16)(H,14,20)(H,17,18). The molecule has 0 saturated carbocycles. The predicted octanol–water partition coefficient (Wildman–Crippen LogP) is -1.08. The van der Waals surface area contributed by atoms with E-state index < -0.39 is 42.0 Å². The monoisotopic (exact) mass is 301 g/mol. The highest BCUT2D eigenvalue weighted by Gasteiger charge is 2.46. The molecule has 0 aromatic carbocycles. The van der Waals surface area contributed by atoms with Crippen LogP contribution < -0.4 is 10.6 Å². The molecule has 1 fully saturated rings. The van der Waals surface area contributed by atoms with Crippen molar-refractivity contribution in [3.05, 3.63) is 0 Å². The van der Waals surface area contributed by atoms with Gasteiger partial charge in [-0.1, -0.05) is 6.92 Å². The van der Waals surface area contributed by atoms with E-state index in [0.29, 0.717) is 6.42 Å². The largest absolute Gasteiger partial charge is 0.479 e. The second kappa shape index (κ2) is 6.53. The van der Waals surface area contributed by atoms with Crippen molar-refractivity contribution in [1.29, 1.82) is 0 Å². The number of imide groups is 1. The number of hydrogen-bond donors (Lipinski definition) is 3. The number of hydrogen-bond acceptors (Lipinski definition) is 5. The summed E-state index contributed by atoms with van der Waals surface area (Å²) in [5.74, 6) is -2.33. The van der Waals surface area contributed by atoms with Crippen molar-refractivity contribution in [2.45, 2.75) is 31.9 Å². The van der Waals surface area contributed by atoms with Crippen LogP contribution in [0.15, 0.2) is 0 Å². The molecule has 0 radical (unpaired) electrons. The van der Waals surface area contributed by atoms with Crippen molar-refractivity contribution in [3.63, 3.8) is 0 Å². The number of rotatable bonds is 7. The Kier molecular flexibility index (Phi) is 5.25. The van der Waals surface area contributed by atoms with E-state index in [4.69, 9.17) is 5.11 Å². The Hall–Kier alpha value is -2.16. The lowest BCUT2D eigenvalue weighted by molar-refractivity contribution is -0.148. The summed E-state index contributed by atoms with van der Waals surface area (Å²) >= 11 is 0. The molecule has 118 valence electrons. The smallest absolute Gasteiger partial charge is 0.334 e. The molecule has 3 N–H and O–H groups in total. The second-order valence-corrected chi connectivity index (χ2v) is 4.87. The second-order valence-electron chi connectivity index (χ2n) is 4.87. The quantitative estimate of drug-likeness (QED) is 0.514. The molecule has 21 heavy (non-hydrogen) atoms. The average molecular weight is 301 g/mol. The number of carboxylic acid groups (broad SMARTS) is 1. The Morgan fingerprint density at radius 2 is 2.10 bits per heavy atom. The molecular weight excluding hydrogens is 282 g/mol. The predicted molar refractivity (Wildman–Crippen MR) is 70.4 cm³/mol. The van der Waals surface area contributed by atoms with Crippen LogP contribution in [-0.2, 0) is 19.1 Å². The number of amides is 4. The molecule has 1 rings (SSSR count). The van der Waals surface area contributed by atoms with E-state index in [1.54, 1.807) is 13.8 Å². The summed E-state index contributed by atoms with van der Waals surface area (Å²) < 4.78 is 4.65. The van der Waals surface area contributed by atoms with E-state index in [1.807, 2.05) is 0 Å². The van der Waals surface area contributed by atoms with Gasteiger partial charge in [0.25, 0.3) is 5.91 Å².